The number of aryl methyl sites for hydroxylation is 1. The van der Waals surface area contributed by atoms with Gasteiger partial charge in [0.05, 0.1) is 12.8 Å². The first-order valence-electron chi connectivity index (χ1n) is 8.59. The largest absolute Gasteiger partial charge is 0.493 e. The third-order valence-electron chi connectivity index (χ3n) is 4.35. The number of Topliss-reactive ketones (excluding diaryl/α,β-unsaturated/α-hetero) is 1. The number of nitrogens with one attached hydrogen (secondary N) is 1. The second-order valence-corrected chi connectivity index (χ2v) is 7.27. The van der Waals surface area contributed by atoms with Gasteiger partial charge < -0.3 is 9.47 Å². The SMILES string of the molecule is COc1cc(C(CC(C)=O)c2c[nH]nc2C)ccc1Oc1cccc(Br)c1. The van der Waals surface area contributed by atoms with Crippen LogP contribution in [0.3, 0.4) is 0 Å². The Balaban J connectivity index is 1.96. The van der Waals surface area contributed by atoms with E-state index in [-0.39, 0.29) is 11.7 Å². The summed E-state index contributed by atoms with van der Waals surface area (Å²) in [5.74, 6) is 1.97. The average molecular weight is 429 g/mol. The minimum Gasteiger partial charge on any atom is -0.493 e. The van der Waals surface area contributed by atoms with E-state index in [1.807, 2.05) is 55.6 Å². The van der Waals surface area contributed by atoms with E-state index >= 15 is 0 Å². The lowest BCUT2D eigenvalue weighted by Gasteiger charge is -2.18. The fraction of sp³-hybridized carbons (Fsp3) is 0.238. The van der Waals surface area contributed by atoms with Crippen LogP contribution in [0.4, 0.5) is 0 Å². The molecule has 0 saturated carbocycles. The van der Waals surface area contributed by atoms with Crippen LogP contribution in [0.15, 0.2) is 53.1 Å². The van der Waals surface area contributed by atoms with Crippen LogP contribution in [0.5, 0.6) is 17.2 Å². The van der Waals surface area contributed by atoms with Crippen molar-refractivity contribution in [1.29, 1.82) is 0 Å². The molecule has 5 nitrogen and oxygen atoms in total. The third-order valence-corrected chi connectivity index (χ3v) is 4.84. The van der Waals surface area contributed by atoms with Crippen molar-refractivity contribution in [3.8, 4) is 17.2 Å². The van der Waals surface area contributed by atoms with Gasteiger partial charge in [-0.1, -0.05) is 28.1 Å². The van der Waals surface area contributed by atoms with Gasteiger partial charge in [-0.25, -0.2) is 0 Å². The second-order valence-electron chi connectivity index (χ2n) is 6.35. The Hall–Kier alpha value is -2.60. The number of benzene rings is 2. The van der Waals surface area contributed by atoms with Gasteiger partial charge in [0.1, 0.15) is 11.5 Å². The predicted molar refractivity (Wildman–Crippen MR) is 108 cm³/mol. The summed E-state index contributed by atoms with van der Waals surface area (Å²) in [6.45, 7) is 3.53. The number of ether oxygens (including phenoxy) is 2. The summed E-state index contributed by atoms with van der Waals surface area (Å²) in [6, 6.07) is 13.4. The minimum atomic E-state index is -0.0879. The number of carbonyl (C=O) groups is 1. The molecule has 0 fully saturated rings. The maximum atomic E-state index is 11.8. The maximum Gasteiger partial charge on any atom is 0.169 e. The van der Waals surface area contributed by atoms with Gasteiger partial charge in [-0.15, -0.1) is 0 Å². The zero-order valence-corrected chi connectivity index (χ0v) is 17.0. The van der Waals surface area contributed by atoms with Gasteiger partial charge >= 0.3 is 0 Å². The molecule has 0 saturated heterocycles. The molecule has 3 aromatic rings. The first-order valence-corrected chi connectivity index (χ1v) is 9.38. The number of H-pyrrole nitrogens is 1. The Kier molecular flexibility index (Phi) is 5.96. The van der Waals surface area contributed by atoms with Crippen molar-refractivity contribution >= 4 is 21.7 Å². The molecule has 0 bridgehead atoms. The van der Waals surface area contributed by atoms with E-state index in [2.05, 4.69) is 26.1 Å². The molecule has 0 spiro atoms. The van der Waals surface area contributed by atoms with Crippen LogP contribution in [-0.4, -0.2) is 23.1 Å². The fourth-order valence-electron chi connectivity index (χ4n) is 3.06. The standard InChI is InChI=1S/C21H21BrN2O3/c1-13(25)9-18(19-12-23-24-14(19)2)15-7-8-20(21(10-15)26-3)27-17-6-4-5-16(22)11-17/h4-8,10-12,18H,9H2,1-3H3,(H,23,24). The van der Waals surface area contributed by atoms with Crippen molar-refractivity contribution in [2.75, 3.05) is 7.11 Å². The predicted octanol–water partition coefficient (Wildman–Crippen LogP) is 5.39. The highest BCUT2D eigenvalue weighted by atomic mass is 79.9. The van der Waals surface area contributed by atoms with Gasteiger partial charge in [0.25, 0.3) is 0 Å². The van der Waals surface area contributed by atoms with Crippen LogP contribution >= 0.6 is 15.9 Å². The normalized spacial score (nSPS) is 11.9. The van der Waals surface area contributed by atoms with Crippen LogP contribution in [0.2, 0.25) is 0 Å². The van der Waals surface area contributed by atoms with E-state index in [9.17, 15) is 4.79 Å². The number of aromatic amines is 1. The third kappa shape index (κ3) is 4.57. The van der Waals surface area contributed by atoms with Crippen LogP contribution in [0, 0.1) is 6.92 Å². The number of rotatable bonds is 7. The van der Waals surface area contributed by atoms with E-state index < -0.39 is 0 Å². The van der Waals surface area contributed by atoms with Crippen molar-refractivity contribution in [2.24, 2.45) is 0 Å². The highest BCUT2D eigenvalue weighted by molar-refractivity contribution is 9.10. The molecule has 2 aromatic carbocycles. The molecule has 1 aromatic heterocycles. The van der Waals surface area contributed by atoms with E-state index in [0.717, 1.165) is 21.3 Å². The van der Waals surface area contributed by atoms with E-state index in [1.54, 1.807) is 14.0 Å². The van der Waals surface area contributed by atoms with Crippen LogP contribution in [0.25, 0.3) is 0 Å². The van der Waals surface area contributed by atoms with Gasteiger partial charge in [-0.3, -0.25) is 9.89 Å². The molecule has 0 amide bonds. The molecule has 3 rings (SSSR count). The molecule has 1 atom stereocenters. The molecule has 1 N–H and O–H groups in total. The number of carbonyl (C=O) groups excluding carboxylic acids is 1. The lowest BCUT2D eigenvalue weighted by molar-refractivity contribution is -0.117. The Morgan fingerprint density at radius 3 is 2.67 bits per heavy atom. The van der Waals surface area contributed by atoms with E-state index in [0.29, 0.717) is 23.7 Å². The molecule has 140 valence electrons. The van der Waals surface area contributed by atoms with Gasteiger partial charge in [0, 0.05) is 28.6 Å². The number of hydrogen-bond donors (Lipinski definition) is 1. The average Bonchev–Trinajstić information content (AvgIpc) is 3.06. The summed E-state index contributed by atoms with van der Waals surface area (Å²) in [7, 11) is 1.61. The van der Waals surface area contributed by atoms with Gasteiger partial charge in [0.2, 0.25) is 0 Å². The molecule has 0 radical (unpaired) electrons. The Morgan fingerprint density at radius 2 is 2.04 bits per heavy atom. The Bertz CT molecular complexity index is 952. The highest BCUT2D eigenvalue weighted by Crippen LogP contribution is 2.38. The molecule has 1 heterocycles. The molecular formula is C21H21BrN2O3. The number of methoxy groups -OCH3 is 1. The van der Waals surface area contributed by atoms with Crippen LogP contribution in [-0.2, 0) is 4.79 Å². The van der Waals surface area contributed by atoms with Crippen LogP contribution in [0.1, 0.15) is 36.1 Å². The van der Waals surface area contributed by atoms with Crippen molar-refractivity contribution < 1.29 is 14.3 Å². The highest BCUT2D eigenvalue weighted by Gasteiger charge is 2.21. The molecule has 0 aliphatic carbocycles. The van der Waals surface area contributed by atoms with Gasteiger partial charge in [0.15, 0.2) is 11.5 Å². The number of ketones is 1. The molecule has 1 unspecified atom stereocenters. The first kappa shape index (κ1) is 19.2. The maximum absolute atomic E-state index is 11.8. The summed E-state index contributed by atoms with van der Waals surface area (Å²) >= 11 is 3.44. The van der Waals surface area contributed by atoms with Crippen molar-refractivity contribution in [2.45, 2.75) is 26.2 Å². The van der Waals surface area contributed by atoms with Crippen molar-refractivity contribution in [3.05, 3.63) is 70.0 Å². The first-order chi connectivity index (χ1) is 13.0. The Morgan fingerprint density at radius 1 is 1.22 bits per heavy atom. The Labute approximate surface area is 166 Å². The quantitative estimate of drug-likeness (QED) is 0.547. The molecule has 6 heteroatoms. The molecule has 27 heavy (non-hydrogen) atoms. The monoisotopic (exact) mass is 428 g/mol. The zero-order chi connectivity index (χ0) is 19.4. The second kappa shape index (κ2) is 8.39. The van der Waals surface area contributed by atoms with Crippen molar-refractivity contribution in [3.63, 3.8) is 0 Å². The lowest BCUT2D eigenvalue weighted by Crippen LogP contribution is -2.07. The smallest absolute Gasteiger partial charge is 0.169 e. The number of aromatic nitrogens is 2. The summed E-state index contributed by atoms with van der Waals surface area (Å²) in [6.07, 6.45) is 2.25. The molecule has 0 aliphatic heterocycles. The summed E-state index contributed by atoms with van der Waals surface area (Å²) in [4.78, 5) is 11.8. The zero-order valence-electron chi connectivity index (χ0n) is 15.5. The van der Waals surface area contributed by atoms with E-state index in [1.165, 1.54) is 0 Å². The topological polar surface area (TPSA) is 64.2 Å². The molecular weight excluding hydrogens is 408 g/mol. The minimum absolute atomic E-state index is 0.0879. The summed E-state index contributed by atoms with van der Waals surface area (Å²) in [5.41, 5.74) is 2.87. The number of nitrogens with zero attached hydrogens (tertiary/aromatic N) is 1. The summed E-state index contributed by atoms with van der Waals surface area (Å²) in [5, 5.41) is 7.08. The number of hydrogen-bond acceptors (Lipinski definition) is 4. The number of halogens is 1. The molecule has 0 aliphatic rings. The lowest BCUT2D eigenvalue weighted by atomic mass is 9.87. The van der Waals surface area contributed by atoms with Crippen molar-refractivity contribution in [1.82, 2.24) is 10.2 Å². The van der Waals surface area contributed by atoms with E-state index in [4.69, 9.17) is 9.47 Å². The fourth-order valence-corrected chi connectivity index (χ4v) is 3.44. The summed E-state index contributed by atoms with van der Waals surface area (Å²) < 4.78 is 12.5. The van der Waals surface area contributed by atoms with Gasteiger partial charge in [-0.2, -0.15) is 5.10 Å². The van der Waals surface area contributed by atoms with Crippen LogP contribution < -0.4 is 9.47 Å². The van der Waals surface area contributed by atoms with Gasteiger partial charge in [-0.05, 0) is 49.7 Å².